The number of alkyl halides is 3. The molecule has 11 heteroatoms. The van der Waals surface area contributed by atoms with Gasteiger partial charge in [0.15, 0.2) is 5.82 Å². The molecule has 0 fully saturated rings. The third kappa shape index (κ3) is 5.72. The summed E-state index contributed by atoms with van der Waals surface area (Å²) >= 11 is 0. The van der Waals surface area contributed by atoms with Crippen LogP contribution in [0.3, 0.4) is 0 Å². The van der Waals surface area contributed by atoms with Crippen molar-refractivity contribution in [1.82, 2.24) is 15.0 Å². The van der Waals surface area contributed by atoms with E-state index in [1.807, 2.05) is 0 Å². The van der Waals surface area contributed by atoms with E-state index >= 15 is 0 Å². The molecule has 0 unspecified atom stereocenters. The highest BCUT2D eigenvalue weighted by molar-refractivity contribution is 6.04. The van der Waals surface area contributed by atoms with Crippen molar-refractivity contribution in [3.63, 3.8) is 0 Å². The van der Waals surface area contributed by atoms with E-state index in [9.17, 15) is 18.0 Å². The third-order valence-corrected chi connectivity index (χ3v) is 5.32. The number of aryl methyl sites for hydroxylation is 1. The van der Waals surface area contributed by atoms with E-state index in [-0.39, 0.29) is 28.4 Å². The Morgan fingerprint density at radius 2 is 1.89 bits per heavy atom. The number of rotatable bonds is 7. The number of carbonyl (C=O) groups excluding carboxylic acids is 1. The summed E-state index contributed by atoms with van der Waals surface area (Å²) in [5.41, 5.74) is 0.874. The lowest BCUT2D eigenvalue weighted by molar-refractivity contribution is -0.137. The Bertz CT molecular complexity index is 1460. The van der Waals surface area contributed by atoms with Crippen LogP contribution in [0.15, 0.2) is 67.0 Å². The molecule has 3 N–H and O–H groups in total. The van der Waals surface area contributed by atoms with E-state index in [0.717, 1.165) is 18.3 Å². The van der Waals surface area contributed by atoms with Crippen LogP contribution in [0.25, 0.3) is 11.4 Å². The van der Waals surface area contributed by atoms with Gasteiger partial charge in [0.2, 0.25) is 5.88 Å². The van der Waals surface area contributed by atoms with Crippen molar-refractivity contribution in [1.29, 1.82) is 5.41 Å². The number of benzene rings is 2. The molecule has 2 heterocycles. The van der Waals surface area contributed by atoms with E-state index in [1.54, 1.807) is 44.6 Å². The molecule has 4 aromatic rings. The maximum Gasteiger partial charge on any atom is 0.416 e. The van der Waals surface area contributed by atoms with Gasteiger partial charge in [0, 0.05) is 42.5 Å². The molecular weight excluding hydrogens is 485 g/mol. The predicted octanol–water partition coefficient (Wildman–Crippen LogP) is 5.95. The molecule has 8 nitrogen and oxygen atoms in total. The van der Waals surface area contributed by atoms with E-state index < -0.39 is 17.6 Å². The van der Waals surface area contributed by atoms with Crippen LogP contribution >= 0.6 is 0 Å². The number of nitrogens with one attached hydrogen (secondary N) is 3. The number of hydrogen-bond donors (Lipinski definition) is 3. The van der Waals surface area contributed by atoms with Crippen LogP contribution in [0.2, 0.25) is 0 Å². The lowest BCUT2D eigenvalue weighted by atomic mass is 10.1. The Kier molecular flexibility index (Phi) is 7.14. The summed E-state index contributed by atoms with van der Waals surface area (Å²) in [7, 11) is 1.65. The molecule has 2 aromatic heterocycles. The number of ether oxygens (including phenoxy) is 1. The fraction of sp³-hybridized carbons (Fsp3) is 0.115. The summed E-state index contributed by atoms with van der Waals surface area (Å²) in [5.74, 6) is 0.402. The first-order valence-corrected chi connectivity index (χ1v) is 11.0. The van der Waals surface area contributed by atoms with Crippen molar-refractivity contribution in [2.45, 2.75) is 13.1 Å². The topological polar surface area (TPSA) is 113 Å². The van der Waals surface area contributed by atoms with Crippen LogP contribution in [-0.4, -0.2) is 34.1 Å². The number of pyridine rings is 1. The van der Waals surface area contributed by atoms with Crippen molar-refractivity contribution in [2.75, 3.05) is 17.7 Å². The molecule has 0 aliphatic rings. The lowest BCUT2D eigenvalue weighted by Crippen LogP contribution is -2.13. The van der Waals surface area contributed by atoms with Crippen molar-refractivity contribution in [3.8, 4) is 23.0 Å². The van der Waals surface area contributed by atoms with Gasteiger partial charge in [-0.05, 0) is 55.0 Å². The van der Waals surface area contributed by atoms with Crippen molar-refractivity contribution >= 4 is 23.6 Å². The maximum absolute atomic E-state index is 13.0. The van der Waals surface area contributed by atoms with Gasteiger partial charge < -0.3 is 20.8 Å². The average molecular weight is 506 g/mol. The number of aromatic nitrogens is 3. The second-order valence-corrected chi connectivity index (χ2v) is 7.87. The molecule has 0 spiro atoms. The molecule has 0 aliphatic carbocycles. The van der Waals surface area contributed by atoms with E-state index in [4.69, 9.17) is 10.1 Å². The number of hydrogen-bond acceptors (Lipinski definition) is 7. The van der Waals surface area contributed by atoms with Gasteiger partial charge in [0.1, 0.15) is 11.6 Å². The molecule has 2 aromatic carbocycles. The SMILES string of the molecule is CNc1nc(-c2cccnc2)nc(Oc2cc(C(=O)Nc3cccc(C(F)(F)F)c3)ccc2C)c1C=N. The van der Waals surface area contributed by atoms with E-state index in [0.29, 0.717) is 22.8 Å². The molecule has 0 radical (unpaired) electrons. The van der Waals surface area contributed by atoms with Gasteiger partial charge in [-0.15, -0.1) is 0 Å². The number of carbonyl (C=O) groups is 1. The Balaban J connectivity index is 1.66. The molecule has 188 valence electrons. The Morgan fingerprint density at radius 1 is 1.08 bits per heavy atom. The average Bonchev–Trinajstić information content (AvgIpc) is 2.89. The minimum absolute atomic E-state index is 0.00420. The smallest absolute Gasteiger partial charge is 0.416 e. The van der Waals surface area contributed by atoms with Gasteiger partial charge in [0.25, 0.3) is 5.91 Å². The highest BCUT2D eigenvalue weighted by Gasteiger charge is 2.30. The zero-order valence-electron chi connectivity index (χ0n) is 19.7. The second-order valence-electron chi connectivity index (χ2n) is 7.87. The molecule has 0 saturated carbocycles. The Hall–Kier alpha value is -4.80. The van der Waals surface area contributed by atoms with Crippen molar-refractivity contribution in [2.24, 2.45) is 0 Å². The molecule has 0 atom stereocenters. The minimum atomic E-state index is -4.53. The first kappa shape index (κ1) is 25.3. The third-order valence-electron chi connectivity index (χ3n) is 5.32. The van der Waals surface area contributed by atoms with Gasteiger partial charge in [-0.3, -0.25) is 9.78 Å². The van der Waals surface area contributed by atoms with Crippen molar-refractivity contribution in [3.05, 3.63) is 89.2 Å². The monoisotopic (exact) mass is 506 g/mol. The summed E-state index contributed by atoms with van der Waals surface area (Å²) in [5, 5.41) is 13.2. The number of halogens is 3. The maximum atomic E-state index is 13.0. The summed E-state index contributed by atoms with van der Waals surface area (Å²) in [6, 6.07) is 12.5. The first-order chi connectivity index (χ1) is 17.7. The Labute approximate surface area is 210 Å². The lowest BCUT2D eigenvalue weighted by Gasteiger charge is -2.15. The summed E-state index contributed by atoms with van der Waals surface area (Å²) in [6.07, 6.45) is -0.276. The highest BCUT2D eigenvalue weighted by Crippen LogP contribution is 2.33. The summed E-state index contributed by atoms with van der Waals surface area (Å²) in [4.78, 5) is 25.8. The van der Waals surface area contributed by atoms with Gasteiger partial charge in [-0.25, -0.2) is 4.98 Å². The minimum Gasteiger partial charge on any atom is -0.438 e. The van der Waals surface area contributed by atoms with E-state index in [1.165, 1.54) is 24.3 Å². The molecule has 0 saturated heterocycles. The van der Waals surface area contributed by atoms with Gasteiger partial charge in [-0.2, -0.15) is 18.2 Å². The standard InChI is InChI=1S/C26H21F3N6O2/c1-15-8-9-16(24(36)33-19-7-3-6-18(12-19)26(27,28)29)11-21(15)37-25-20(13-30)23(31-2)34-22(35-25)17-5-4-10-32-14-17/h3-14,30H,1-2H3,(H,33,36)(H,31,34,35). The number of anilines is 2. The normalized spacial score (nSPS) is 11.1. The molecule has 0 bridgehead atoms. The second kappa shape index (κ2) is 10.4. The largest absolute Gasteiger partial charge is 0.438 e. The Morgan fingerprint density at radius 3 is 2.57 bits per heavy atom. The van der Waals surface area contributed by atoms with Gasteiger partial charge in [0.05, 0.1) is 11.1 Å². The quantitative estimate of drug-likeness (QED) is 0.267. The first-order valence-electron chi connectivity index (χ1n) is 11.0. The fourth-order valence-electron chi connectivity index (χ4n) is 3.40. The molecule has 1 amide bonds. The van der Waals surface area contributed by atoms with E-state index in [2.05, 4.69) is 25.6 Å². The zero-order valence-corrected chi connectivity index (χ0v) is 19.7. The van der Waals surface area contributed by atoms with Crippen LogP contribution in [0.5, 0.6) is 11.6 Å². The number of amides is 1. The van der Waals surface area contributed by atoms with Gasteiger partial charge in [-0.1, -0.05) is 12.1 Å². The summed E-state index contributed by atoms with van der Waals surface area (Å²) in [6.45, 7) is 1.76. The molecule has 37 heavy (non-hydrogen) atoms. The molecular formula is C26H21F3N6O2. The van der Waals surface area contributed by atoms with Crippen molar-refractivity contribution < 1.29 is 22.7 Å². The van der Waals surface area contributed by atoms with Gasteiger partial charge >= 0.3 is 6.18 Å². The van der Waals surface area contributed by atoms with Crippen LogP contribution in [0.1, 0.15) is 27.0 Å². The van der Waals surface area contributed by atoms with Crippen LogP contribution in [0, 0.1) is 12.3 Å². The molecule has 4 rings (SSSR count). The zero-order chi connectivity index (χ0) is 26.6. The van der Waals surface area contributed by atoms with Crippen LogP contribution in [0.4, 0.5) is 24.7 Å². The molecule has 0 aliphatic heterocycles. The fourth-order valence-corrected chi connectivity index (χ4v) is 3.40. The van der Waals surface area contributed by atoms with Crippen LogP contribution in [-0.2, 0) is 6.18 Å². The predicted molar refractivity (Wildman–Crippen MR) is 133 cm³/mol. The number of nitrogens with zero attached hydrogens (tertiary/aromatic N) is 3. The van der Waals surface area contributed by atoms with Crippen LogP contribution < -0.4 is 15.4 Å². The highest BCUT2D eigenvalue weighted by atomic mass is 19.4. The summed E-state index contributed by atoms with van der Waals surface area (Å²) < 4.78 is 45.1.